The summed E-state index contributed by atoms with van der Waals surface area (Å²) < 4.78 is 14.0. The summed E-state index contributed by atoms with van der Waals surface area (Å²) in [7, 11) is 0. The van der Waals surface area contributed by atoms with Gasteiger partial charge in [-0.15, -0.1) is 11.3 Å². The lowest BCUT2D eigenvalue weighted by Crippen LogP contribution is -2.23. The number of hydrogen-bond donors (Lipinski definition) is 1. The zero-order chi connectivity index (χ0) is 14.5. The van der Waals surface area contributed by atoms with Crippen LogP contribution in [0.25, 0.3) is 0 Å². The summed E-state index contributed by atoms with van der Waals surface area (Å²) in [5.41, 5.74) is 1.86. The number of halogens is 1. The van der Waals surface area contributed by atoms with Gasteiger partial charge < -0.3 is 5.32 Å². The van der Waals surface area contributed by atoms with Crippen molar-refractivity contribution in [2.75, 3.05) is 13.1 Å². The third-order valence-electron chi connectivity index (χ3n) is 3.48. The monoisotopic (exact) mass is 292 g/mol. The van der Waals surface area contributed by atoms with Crippen molar-refractivity contribution >= 4 is 11.3 Å². The highest BCUT2D eigenvalue weighted by Crippen LogP contribution is 2.26. The first-order valence-electron chi connectivity index (χ1n) is 6.99. The third-order valence-corrected chi connectivity index (χ3v) is 4.57. The Kier molecular flexibility index (Phi) is 5.26. The number of rotatable bonds is 6. The predicted octanol–water partition coefficient (Wildman–Crippen LogP) is 3.83. The molecular formula is C16H21FN2S. The van der Waals surface area contributed by atoms with Crippen molar-refractivity contribution in [2.45, 2.75) is 33.1 Å². The summed E-state index contributed by atoms with van der Waals surface area (Å²) in [6.07, 6.45) is 0.785. The van der Waals surface area contributed by atoms with Gasteiger partial charge in [-0.05, 0) is 32.0 Å². The standard InChI is InChI=1S/C16H21FN2S/c1-4-18-10-13(14-7-5-6-8-15(14)17)9-16-19-11(2)12(3)20-16/h5-8,13,18H,4,9-10H2,1-3H3. The van der Waals surface area contributed by atoms with E-state index in [-0.39, 0.29) is 11.7 Å². The molecule has 2 nitrogen and oxygen atoms in total. The minimum atomic E-state index is -0.125. The van der Waals surface area contributed by atoms with Crippen LogP contribution in [0.5, 0.6) is 0 Å². The number of thiazole rings is 1. The minimum absolute atomic E-state index is 0.125. The number of hydrogen-bond acceptors (Lipinski definition) is 3. The Morgan fingerprint density at radius 2 is 2.05 bits per heavy atom. The molecule has 0 bridgehead atoms. The lowest BCUT2D eigenvalue weighted by molar-refractivity contribution is 0.543. The van der Waals surface area contributed by atoms with E-state index >= 15 is 0 Å². The quantitative estimate of drug-likeness (QED) is 0.875. The van der Waals surface area contributed by atoms with Gasteiger partial charge in [0.05, 0.1) is 10.7 Å². The number of nitrogens with zero attached hydrogens (tertiary/aromatic N) is 1. The van der Waals surface area contributed by atoms with Crippen LogP contribution in [0.4, 0.5) is 4.39 Å². The van der Waals surface area contributed by atoms with Gasteiger partial charge in [0, 0.05) is 23.8 Å². The molecule has 0 aliphatic carbocycles. The first-order valence-corrected chi connectivity index (χ1v) is 7.81. The fourth-order valence-corrected chi connectivity index (χ4v) is 3.27. The normalized spacial score (nSPS) is 12.6. The topological polar surface area (TPSA) is 24.9 Å². The SMILES string of the molecule is CCNCC(Cc1nc(C)c(C)s1)c1ccccc1F. The van der Waals surface area contributed by atoms with Crippen LogP contribution in [0.1, 0.15) is 34.0 Å². The van der Waals surface area contributed by atoms with Crippen LogP contribution in [0, 0.1) is 19.7 Å². The molecule has 4 heteroatoms. The average molecular weight is 292 g/mol. The van der Waals surface area contributed by atoms with Crippen LogP contribution in [0.15, 0.2) is 24.3 Å². The molecule has 0 radical (unpaired) electrons. The van der Waals surface area contributed by atoms with Crippen LogP contribution in [-0.2, 0) is 6.42 Å². The van der Waals surface area contributed by atoms with Crippen LogP contribution in [-0.4, -0.2) is 18.1 Å². The molecule has 2 rings (SSSR count). The number of nitrogens with one attached hydrogen (secondary N) is 1. The van der Waals surface area contributed by atoms with Gasteiger partial charge in [-0.3, -0.25) is 0 Å². The minimum Gasteiger partial charge on any atom is -0.316 e. The second-order valence-corrected chi connectivity index (χ2v) is 6.27. The lowest BCUT2D eigenvalue weighted by Gasteiger charge is -2.17. The smallest absolute Gasteiger partial charge is 0.126 e. The Bertz CT molecular complexity index is 546. The largest absolute Gasteiger partial charge is 0.316 e. The number of likely N-dealkylation sites (N-methyl/N-ethyl adjacent to an activating group) is 1. The summed E-state index contributed by atoms with van der Waals surface area (Å²) in [5.74, 6) is 0.00139. The Labute approximate surface area is 124 Å². The maximum absolute atomic E-state index is 14.0. The zero-order valence-electron chi connectivity index (χ0n) is 12.2. The van der Waals surface area contributed by atoms with Crippen LogP contribution < -0.4 is 5.32 Å². The van der Waals surface area contributed by atoms with E-state index in [4.69, 9.17) is 0 Å². The fraction of sp³-hybridized carbons (Fsp3) is 0.438. The molecule has 0 fully saturated rings. The molecule has 1 atom stereocenters. The molecule has 1 N–H and O–H groups in total. The molecule has 0 saturated carbocycles. The van der Waals surface area contributed by atoms with E-state index in [1.165, 1.54) is 10.9 Å². The van der Waals surface area contributed by atoms with Crippen molar-refractivity contribution in [3.63, 3.8) is 0 Å². The first-order chi connectivity index (χ1) is 9.61. The highest BCUT2D eigenvalue weighted by molar-refractivity contribution is 7.11. The summed E-state index contributed by atoms with van der Waals surface area (Å²) >= 11 is 1.72. The second kappa shape index (κ2) is 6.95. The number of aryl methyl sites for hydroxylation is 2. The van der Waals surface area contributed by atoms with E-state index in [0.717, 1.165) is 35.8 Å². The summed E-state index contributed by atoms with van der Waals surface area (Å²) in [5, 5.41) is 4.41. The molecule has 1 aromatic heterocycles. The molecule has 0 saturated heterocycles. The van der Waals surface area contributed by atoms with Crippen molar-refractivity contribution in [2.24, 2.45) is 0 Å². The second-order valence-electron chi connectivity index (χ2n) is 4.98. The Hall–Kier alpha value is -1.26. The predicted molar refractivity (Wildman–Crippen MR) is 83.0 cm³/mol. The van der Waals surface area contributed by atoms with Crippen molar-refractivity contribution in [1.82, 2.24) is 10.3 Å². The van der Waals surface area contributed by atoms with Gasteiger partial charge in [0.15, 0.2) is 0 Å². The molecule has 2 aromatic rings. The molecular weight excluding hydrogens is 271 g/mol. The van der Waals surface area contributed by atoms with Crippen LogP contribution in [0.2, 0.25) is 0 Å². The molecule has 1 aromatic carbocycles. The van der Waals surface area contributed by atoms with Crippen LogP contribution in [0.3, 0.4) is 0 Å². The molecule has 0 spiro atoms. The van der Waals surface area contributed by atoms with Gasteiger partial charge in [-0.25, -0.2) is 9.37 Å². The van der Waals surface area contributed by atoms with Gasteiger partial charge in [0.2, 0.25) is 0 Å². The summed E-state index contributed by atoms with van der Waals surface area (Å²) in [6, 6.07) is 7.05. The van der Waals surface area contributed by atoms with Gasteiger partial charge >= 0.3 is 0 Å². The average Bonchev–Trinajstić information content (AvgIpc) is 2.74. The highest BCUT2D eigenvalue weighted by atomic mass is 32.1. The Balaban J connectivity index is 2.21. The fourth-order valence-electron chi connectivity index (χ4n) is 2.25. The maximum Gasteiger partial charge on any atom is 0.126 e. The molecule has 0 aliphatic rings. The van der Waals surface area contributed by atoms with E-state index in [2.05, 4.69) is 24.1 Å². The maximum atomic E-state index is 14.0. The first kappa shape index (κ1) is 15.1. The Morgan fingerprint density at radius 3 is 2.65 bits per heavy atom. The zero-order valence-corrected chi connectivity index (χ0v) is 13.1. The van der Waals surface area contributed by atoms with Gasteiger partial charge in [0.25, 0.3) is 0 Å². The molecule has 1 unspecified atom stereocenters. The van der Waals surface area contributed by atoms with E-state index in [1.54, 1.807) is 17.4 Å². The highest BCUT2D eigenvalue weighted by Gasteiger charge is 2.18. The molecule has 20 heavy (non-hydrogen) atoms. The molecule has 0 amide bonds. The third kappa shape index (κ3) is 3.64. The van der Waals surface area contributed by atoms with Crippen molar-refractivity contribution in [1.29, 1.82) is 0 Å². The van der Waals surface area contributed by atoms with E-state index in [0.29, 0.717) is 0 Å². The lowest BCUT2D eigenvalue weighted by atomic mass is 9.95. The molecule has 108 valence electrons. The van der Waals surface area contributed by atoms with Crippen molar-refractivity contribution in [3.05, 3.63) is 51.2 Å². The van der Waals surface area contributed by atoms with Gasteiger partial charge in [-0.1, -0.05) is 25.1 Å². The van der Waals surface area contributed by atoms with Crippen molar-refractivity contribution < 1.29 is 4.39 Å². The molecule has 0 aliphatic heterocycles. The van der Waals surface area contributed by atoms with E-state index in [9.17, 15) is 4.39 Å². The molecule has 1 heterocycles. The summed E-state index contributed by atoms with van der Waals surface area (Å²) in [4.78, 5) is 5.83. The van der Waals surface area contributed by atoms with Gasteiger partial charge in [-0.2, -0.15) is 0 Å². The van der Waals surface area contributed by atoms with Crippen LogP contribution >= 0.6 is 11.3 Å². The number of benzene rings is 1. The van der Waals surface area contributed by atoms with E-state index < -0.39 is 0 Å². The Morgan fingerprint density at radius 1 is 1.30 bits per heavy atom. The number of aromatic nitrogens is 1. The van der Waals surface area contributed by atoms with E-state index in [1.807, 2.05) is 19.1 Å². The summed E-state index contributed by atoms with van der Waals surface area (Å²) in [6.45, 7) is 7.84. The van der Waals surface area contributed by atoms with Crippen molar-refractivity contribution in [3.8, 4) is 0 Å². The van der Waals surface area contributed by atoms with Gasteiger partial charge in [0.1, 0.15) is 5.82 Å².